The Balaban J connectivity index is 1.68. The maximum absolute atomic E-state index is 14.0. The third-order valence-corrected chi connectivity index (χ3v) is 7.47. The maximum Gasteiger partial charge on any atom is 0.269 e. The van der Waals surface area contributed by atoms with Gasteiger partial charge in [0.15, 0.2) is 0 Å². The van der Waals surface area contributed by atoms with Gasteiger partial charge in [0.25, 0.3) is 5.91 Å². The van der Waals surface area contributed by atoms with E-state index >= 15 is 0 Å². The highest BCUT2D eigenvalue weighted by atomic mass is 35.5. The van der Waals surface area contributed by atoms with E-state index in [0.29, 0.717) is 11.6 Å². The highest BCUT2D eigenvalue weighted by Gasteiger charge is 2.63. The predicted octanol–water partition coefficient (Wildman–Crippen LogP) is 5.21. The molecular formula is C24H19ClN2O2S. The molecular weight excluding hydrogens is 416 g/mol. The SMILES string of the molecule is C[C@H]1S[C@]2(C(=O)N(Cc3ccccc3Cl)c3ccccc32)N(c2ccccc2)C1=O. The molecule has 0 saturated carbocycles. The quantitative estimate of drug-likeness (QED) is 0.568. The Hall–Kier alpha value is -2.76. The molecule has 2 heterocycles. The normalized spacial score (nSPS) is 22.8. The summed E-state index contributed by atoms with van der Waals surface area (Å²) in [5, 5.41) is 0.287. The minimum atomic E-state index is -1.12. The number of nitrogens with zero attached hydrogens (tertiary/aromatic N) is 2. The van der Waals surface area contributed by atoms with E-state index in [-0.39, 0.29) is 17.1 Å². The maximum atomic E-state index is 14.0. The van der Waals surface area contributed by atoms with Gasteiger partial charge in [-0.2, -0.15) is 0 Å². The molecule has 30 heavy (non-hydrogen) atoms. The molecule has 2 aliphatic heterocycles. The Morgan fingerprint density at radius 2 is 1.60 bits per heavy atom. The lowest BCUT2D eigenvalue weighted by Crippen LogP contribution is -2.49. The fourth-order valence-corrected chi connectivity index (χ4v) is 5.99. The van der Waals surface area contributed by atoms with Crippen LogP contribution < -0.4 is 9.80 Å². The molecule has 3 aromatic rings. The van der Waals surface area contributed by atoms with Crippen LogP contribution in [0.1, 0.15) is 18.1 Å². The van der Waals surface area contributed by atoms with Gasteiger partial charge in [0.2, 0.25) is 10.8 Å². The number of carbonyl (C=O) groups is 2. The Morgan fingerprint density at radius 1 is 0.933 bits per heavy atom. The zero-order valence-electron chi connectivity index (χ0n) is 16.3. The van der Waals surface area contributed by atoms with Crippen LogP contribution in [-0.4, -0.2) is 17.1 Å². The van der Waals surface area contributed by atoms with E-state index in [4.69, 9.17) is 11.6 Å². The van der Waals surface area contributed by atoms with Crippen LogP contribution in [0, 0.1) is 0 Å². The molecule has 5 rings (SSSR count). The number of rotatable bonds is 3. The number of anilines is 2. The first kappa shape index (κ1) is 19.2. The molecule has 0 unspecified atom stereocenters. The summed E-state index contributed by atoms with van der Waals surface area (Å²) in [6.07, 6.45) is 0. The van der Waals surface area contributed by atoms with E-state index in [1.54, 1.807) is 9.80 Å². The van der Waals surface area contributed by atoms with Gasteiger partial charge in [0.1, 0.15) is 0 Å². The third-order valence-electron chi connectivity index (χ3n) is 5.63. The van der Waals surface area contributed by atoms with E-state index in [9.17, 15) is 9.59 Å². The smallest absolute Gasteiger partial charge is 0.269 e. The molecule has 0 N–H and O–H groups in total. The fourth-order valence-electron chi connectivity index (χ4n) is 4.27. The Labute approximate surface area is 184 Å². The number of para-hydroxylation sites is 2. The lowest BCUT2D eigenvalue weighted by Gasteiger charge is -2.33. The van der Waals surface area contributed by atoms with E-state index in [0.717, 1.165) is 22.5 Å². The predicted molar refractivity (Wildman–Crippen MR) is 122 cm³/mol. The van der Waals surface area contributed by atoms with Crippen LogP contribution >= 0.6 is 23.4 Å². The third kappa shape index (κ3) is 2.69. The number of carbonyl (C=O) groups excluding carboxylic acids is 2. The summed E-state index contributed by atoms with van der Waals surface area (Å²) in [5.74, 6) is -0.177. The highest BCUT2D eigenvalue weighted by Crippen LogP contribution is 2.58. The molecule has 150 valence electrons. The molecule has 1 saturated heterocycles. The molecule has 2 amide bonds. The van der Waals surface area contributed by atoms with Crippen LogP contribution in [0.2, 0.25) is 5.02 Å². The fraction of sp³-hybridized carbons (Fsp3) is 0.167. The van der Waals surface area contributed by atoms with Crippen molar-refractivity contribution < 1.29 is 9.59 Å². The molecule has 2 aliphatic rings. The van der Waals surface area contributed by atoms with Crippen LogP contribution in [0.3, 0.4) is 0 Å². The van der Waals surface area contributed by atoms with E-state index < -0.39 is 4.87 Å². The van der Waals surface area contributed by atoms with Crippen molar-refractivity contribution in [2.45, 2.75) is 23.6 Å². The first-order valence-electron chi connectivity index (χ1n) is 9.76. The van der Waals surface area contributed by atoms with Crippen molar-refractivity contribution in [1.29, 1.82) is 0 Å². The summed E-state index contributed by atoms with van der Waals surface area (Å²) in [5.41, 5.74) is 3.25. The number of hydrogen-bond acceptors (Lipinski definition) is 3. The largest absolute Gasteiger partial charge is 0.304 e. The summed E-state index contributed by atoms with van der Waals surface area (Å²) in [6, 6.07) is 24.7. The van der Waals surface area contributed by atoms with Crippen molar-refractivity contribution in [2.75, 3.05) is 9.80 Å². The number of fused-ring (bicyclic) bond motifs is 2. The minimum absolute atomic E-state index is 0.0612. The molecule has 0 aromatic heterocycles. The van der Waals surface area contributed by atoms with Gasteiger partial charge in [-0.05, 0) is 36.8 Å². The molecule has 1 fully saturated rings. The lowest BCUT2D eigenvalue weighted by molar-refractivity contribution is -0.124. The molecule has 0 radical (unpaired) electrons. The average molecular weight is 435 g/mol. The van der Waals surface area contributed by atoms with Crippen molar-refractivity contribution in [3.8, 4) is 0 Å². The molecule has 6 heteroatoms. The first-order chi connectivity index (χ1) is 14.5. The zero-order chi connectivity index (χ0) is 20.9. The van der Waals surface area contributed by atoms with Crippen molar-refractivity contribution in [1.82, 2.24) is 0 Å². The highest BCUT2D eigenvalue weighted by molar-refractivity contribution is 8.03. The summed E-state index contributed by atoms with van der Waals surface area (Å²) in [4.78, 5) is 29.6. The number of thioether (sulfide) groups is 1. The van der Waals surface area contributed by atoms with E-state index in [1.165, 1.54) is 11.8 Å². The van der Waals surface area contributed by atoms with Crippen LogP contribution in [0.15, 0.2) is 78.9 Å². The number of amides is 2. The molecule has 4 nitrogen and oxygen atoms in total. The molecule has 2 atom stereocenters. The zero-order valence-corrected chi connectivity index (χ0v) is 17.9. The minimum Gasteiger partial charge on any atom is -0.304 e. The Bertz CT molecular complexity index is 1150. The van der Waals surface area contributed by atoms with Crippen LogP contribution in [0.5, 0.6) is 0 Å². The summed E-state index contributed by atoms with van der Waals surface area (Å²) < 4.78 is 0. The second kappa shape index (κ2) is 7.18. The lowest BCUT2D eigenvalue weighted by atomic mass is 10.0. The van der Waals surface area contributed by atoms with Crippen molar-refractivity contribution >= 4 is 46.6 Å². The monoisotopic (exact) mass is 434 g/mol. The van der Waals surface area contributed by atoms with Gasteiger partial charge in [0.05, 0.1) is 17.5 Å². The summed E-state index contributed by atoms with van der Waals surface area (Å²) in [7, 11) is 0. The average Bonchev–Trinajstić information content (AvgIpc) is 3.16. The Kier molecular flexibility index (Phi) is 4.60. The second-order valence-corrected chi connectivity index (χ2v) is 9.35. The topological polar surface area (TPSA) is 40.6 Å². The number of halogens is 1. The van der Waals surface area contributed by atoms with Gasteiger partial charge in [-0.3, -0.25) is 14.5 Å². The molecule has 1 spiro atoms. The number of benzene rings is 3. The molecule has 0 bridgehead atoms. The van der Waals surface area contributed by atoms with Crippen molar-refractivity contribution in [2.24, 2.45) is 0 Å². The van der Waals surface area contributed by atoms with Crippen molar-refractivity contribution in [3.63, 3.8) is 0 Å². The van der Waals surface area contributed by atoms with Gasteiger partial charge < -0.3 is 4.90 Å². The van der Waals surface area contributed by atoms with Gasteiger partial charge >= 0.3 is 0 Å². The van der Waals surface area contributed by atoms with Crippen LogP contribution in [0.4, 0.5) is 11.4 Å². The molecule has 0 aliphatic carbocycles. The van der Waals surface area contributed by atoms with Crippen molar-refractivity contribution in [3.05, 3.63) is 95.0 Å². The first-order valence-corrected chi connectivity index (χ1v) is 11.0. The van der Waals surface area contributed by atoms with Crippen LogP contribution in [0.25, 0.3) is 0 Å². The summed E-state index contributed by atoms with van der Waals surface area (Å²) in [6.45, 7) is 2.22. The van der Waals surface area contributed by atoms with Crippen LogP contribution in [-0.2, 0) is 21.0 Å². The van der Waals surface area contributed by atoms with Gasteiger partial charge in [-0.25, -0.2) is 0 Å². The second-order valence-electron chi connectivity index (χ2n) is 7.41. The number of hydrogen-bond donors (Lipinski definition) is 0. The summed E-state index contributed by atoms with van der Waals surface area (Å²) >= 11 is 7.80. The Morgan fingerprint density at radius 3 is 2.37 bits per heavy atom. The molecule has 3 aromatic carbocycles. The van der Waals surface area contributed by atoms with E-state index in [1.807, 2.05) is 85.8 Å². The van der Waals surface area contributed by atoms with Gasteiger partial charge in [-0.1, -0.05) is 66.2 Å². The van der Waals surface area contributed by atoms with Gasteiger partial charge in [-0.15, -0.1) is 11.8 Å². The van der Waals surface area contributed by atoms with Gasteiger partial charge in [0, 0.05) is 16.3 Å². The van der Waals surface area contributed by atoms with E-state index in [2.05, 4.69) is 0 Å². The standard InChI is InChI=1S/C24H19ClN2O2S/c1-16-22(28)27(18-10-3-2-4-11-18)24(30-16)19-12-6-8-14-21(19)26(23(24)29)15-17-9-5-7-13-20(17)25/h2-14,16H,15H2,1H3/t16-,24-/m1/s1.